The van der Waals surface area contributed by atoms with Crippen molar-refractivity contribution in [2.24, 2.45) is 0 Å². The summed E-state index contributed by atoms with van der Waals surface area (Å²) in [5, 5.41) is 17.3. The van der Waals surface area contributed by atoms with Gasteiger partial charge in [0.15, 0.2) is 29.6 Å². The Morgan fingerprint density at radius 3 is 1.96 bits per heavy atom. The van der Waals surface area contributed by atoms with Crippen LogP contribution in [0.1, 0.15) is 74.5 Å². The molecule has 3 aromatic rings. The molecule has 2 atom stereocenters. The van der Waals surface area contributed by atoms with Gasteiger partial charge in [-0.2, -0.15) is 0 Å². The number of carbonyl (C=O) groups excluding carboxylic acids is 1. The molecule has 1 aliphatic heterocycles. The zero-order valence-corrected chi connectivity index (χ0v) is 32.2. The molecular formula is C41H57NO11. The van der Waals surface area contributed by atoms with Crippen LogP contribution in [0.15, 0.2) is 54.6 Å². The summed E-state index contributed by atoms with van der Waals surface area (Å²) in [5.74, 6) is 1.98. The summed E-state index contributed by atoms with van der Waals surface area (Å²) in [6.07, 6.45) is 9.67. The van der Waals surface area contributed by atoms with Gasteiger partial charge in [0.05, 0.1) is 35.5 Å². The summed E-state index contributed by atoms with van der Waals surface area (Å²) >= 11 is 0. The van der Waals surface area contributed by atoms with Crippen LogP contribution in [0.3, 0.4) is 0 Å². The molecule has 1 aliphatic rings. The molecule has 12 heteroatoms. The molecule has 0 aliphatic carbocycles. The van der Waals surface area contributed by atoms with E-state index >= 15 is 0 Å². The Kier molecular flexibility index (Phi) is 20.3. The smallest absolute Gasteiger partial charge is 0.341 e. The zero-order chi connectivity index (χ0) is 39.2. The second kappa shape index (κ2) is 24.3. The van der Waals surface area contributed by atoms with Crippen molar-refractivity contribution in [2.45, 2.75) is 76.7 Å². The van der Waals surface area contributed by atoms with Crippen molar-refractivity contribution in [2.75, 3.05) is 55.7 Å². The van der Waals surface area contributed by atoms with Crippen molar-refractivity contribution in [1.29, 1.82) is 0 Å². The number of carboxylic acids is 2. The number of unbranched alkanes of at least 4 members (excludes halogenated alkanes) is 1. The van der Waals surface area contributed by atoms with Crippen molar-refractivity contribution in [3.63, 3.8) is 0 Å². The minimum atomic E-state index is -0.978. The average molecular weight is 740 g/mol. The van der Waals surface area contributed by atoms with Crippen LogP contribution >= 0.6 is 0 Å². The first-order valence-corrected chi connectivity index (χ1v) is 17.9. The number of aldehydes is 1. The lowest BCUT2D eigenvalue weighted by molar-refractivity contribution is -0.144. The normalized spacial score (nSPS) is 14.2. The second-order valence-corrected chi connectivity index (χ2v) is 12.5. The molecule has 0 spiro atoms. The Balaban J connectivity index is 0.000000298. The Labute approximate surface area is 313 Å². The van der Waals surface area contributed by atoms with Crippen LogP contribution in [-0.2, 0) is 27.2 Å². The largest absolute Gasteiger partial charge is 0.493 e. The van der Waals surface area contributed by atoms with Gasteiger partial charge in [0.2, 0.25) is 5.75 Å². The van der Waals surface area contributed by atoms with E-state index in [1.807, 2.05) is 60.5 Å². The summed E-state index contributed by atoms with van der Waals surface area (Å²) in [4.78, 5) is 34.2. The number of nitrogens with zero attached hydrogens (tertiary/aromatic N) is 1. The van der Waals surface area contributed by atoms with E-state index in [2.05, 4.69) is 6.92 Å². The lowest BCUT2D eigenvalue weighted by atomic mass is 9.94. The van der Waals surface area contributed by atoms with E-state index in [1.54, 1.807) is 41.6 Å². The highest BCUT2D eigenvalue weighted by molar-refractivity contribution is 5.73. The number of likely N-dealkylation sites (tertiary alicyclic amines) is 1. The Hall–Kier alpha value is -4.97. The van der Waals surface area contributed by atoms with Crippen LogP contribution < -0.4 is 28.4 Å². The predicted molar refractivity (Wildman–Crippen MR) is 203 cm³/mol. The Morgan fingerprint density at radius 2 is 1.45 bits per heavy atom. The van der Waals surface area contributed by atoms with E-state index in [1.165, 1.54) is 5.56 Å². The topological polar surface area (TPSA) is 150 Å². The number of piperidine rings is 1. The van der Waals surface area contributed by atoms with Crippen molar-refractivity contribution in [1.82, 2.24) is 4.90 Å². The van der Waals surface area contributed by atoms with Gasteiger partial charge in [-0.05, 0) is 105 Å². The van der Waals surface area contributed by atoms with Gasteiger partial charge in [-0.25, -0.2) is 4.79 Å². The van der Waals surface area contributed by atoms with Gasteiger partial charge in [0.1, 0.15) is 18.1 Å². The molecule has 292 valence electrons. The number of benzene rings is 3. The maximum Gasteiger partial charge on any atom is 0.341 e. The number of hydrogen-bond donors (Lipinski definition) is 2. The molecule has 0 bridgehead atoms. The summed E-state index contributed by atoms with van der Waals surface area (Å²) in [5.41, 5.74) is 3.21. The lowest BCUT2D eigenvalue weighted by Crippen LogP contribution is -2.41. The molecule has 2 N–H and O–H groups in total. The van der Waals surface area contributed by atoms with Gasteiger partial charge in [-0.1, -0.05) is 44.4 Å². The molecule has 0 aromatic heterocycles. The van der Waals surface area contributed by atoms with E-state index in [0.29, 0.717) is 23.0 Å². The number of carbonyl (C=O) groups is 3. The van der Waals surface area contributed by atoms with Crippen LogP contribution in [0.5, 0.6) is 34.5 Å². The fraction of sp³-hybridized carbons (Fsp3) is 0.488. The van der Waals surface area contributed by atoms with Gasteiger partial charge >= 0.3 is 11.9 Å². The standard InChI is InChI=1S/C19H22O5.C15H22O4.C7H13NO2/c1-22-17-10-9-15(12-18(17)23-2)6-3-5-14-7-4-8-16(11-14)24-13-19(20)21;1-5-6-7-11(10-16)12-8-13(17-2)15(19-4)14(9-12)18-3;1-8-5-3-2-4-6(8)7(9)10/h4,7-12H,3,5-6,13H2,1-2H3,(H,20,21);8-11H,5-7H2,1-4H3;6H,2-5H2,1H3,(H,9,10)/t;;6-/m..0/s1. The highest BCUT2D eigenvalue weighted by Crippen LogP contribution is 2.40. The molecule has 4 rings (SSSR count). The van der Waals surface area contributed by atoms with Crippen molar-refractivity contribution >= 4 is 18.2 Å². The second-order valence-electron chi connectivity index (χ2n) is 12.5. The van der Waals surface area contributed by atoms with Gasteiger partial charge in [0, 0.05) is 5.92 Å². The van der Waals surface area contributed by atoms with Crippen LogP contribution in [0.4, 0.5) is 0 Å². The fourth-order valence-corrected chi connectivity index (χ4v) is 5.91. The van der Waals surface area contributed by atoms with E-state index in [9.17, 15) is 14.4 Å². The number of methoxy groups -OCH3 is 5. The quantitative estimate of drug-likeness (QED) is 0.128. The summed E-state index contributed by atoms with van der Waals surface area (Å²) in [6, 6.07) is 16.9. The van der Waals surface area contributed by atoms with E-state index in [-0.39, 0.29) is 18.6 Å². The number of ether oxygens (including phenoxy) is 6. The lowest BCUT2D eigenvalue weighted by Gasteiger charge is -2.28. The molecule has 0 radical (unpaired) electrons. The minimum absolute atomic E-state index is 0.131. The van der Waals surface area contributed by atoms with Crippen molar-refractivity contribution in [3.05, 3.63) is 71.3 Å². The molecule has 3 aromatic carbocycles. The van der Waals surface area contributed by atoms with Crippen molar-refractivity contribution < 1.29 is 53.0 Å². The average Bonchev–Trinajstić information content (AvgIpc) is 3.17. The summed E-state index contributed by atoms with van der Waals surface area (Å²) in [7, 11) is 9.83. The van der Waals surface area contributed by atoms with Crippen LogP contribution in [0.25, 0.3) is 0 Å². The molecule has 0 saturated carbocycles. The zero-order valence-electron chi connectivity index (χ0n) is 32.2. The van der Waals surface area contributed by atoms with Crippen LogP contribution in [0.2, 0.25) is 0 Å². The van der Waals surface area contributed by atoms with E-state index < -0.39 is 11.9 Å². The van der Waals surface area contributed by atoms with Gasteiger partial charge in [0.25, 0.3) is 0 Å². The number of aliphatic carboxylic acids is 2. The van der Waals surface area contributed by atoms with Gasteiger partial charge in [-0.3, -0.25) is 9.69 Å². The third-order valence-corrected chi connectivity index (χ3v) is 8.84. The number of aryl methyl sites for hydroxylation is 2. The molecule has 0 amide bonds. The van der Waals surface area contributed by atoms with E-state index in [0.717, 1.165) is 93.2 Å². The Bertz CT molecular complexity index is 1540. The third kappa shape index (κ3) is 14.9. The maximum absolute atomic E-state index is 11.3. The molecular weight excluding hydrogens is 682 g/mol. The molecule has 12 nitrogen and oxygen atoms in total. The predicted octanol–water partition coefficient (Wildman–Crippen LogP) is 7.08. The number of likely N-dealkylation sites (N-methyl/N-ethyl adjacent to an activating group) is 1. The monoisotopic (exact) mass is 739 g/mol. The van der Waals surface area contributed by atoms with Gasteiger partial charge in [-0.15, -0.1) is 0 Å². The third-order valence-electron chi connectivity index (χ3n) is 8.84. The number of hydrogen-bond acceptors (Lipinski definition) is 10. The van der Waals surface area contributed by atoms with Crippen LogP contribution in [-0.4, -0.2) is 95.1 Å². The highest BCUT2D eigenvalue weighted by Gasteiger charge is 2.24. The number of rotatable bonds is 18. The van der Waals surface area contributed by atoms with Crippen molar-refractivity contribution in [3.8, 4) is 34.5 Å². The molecule has 53 heavy (non-hydrogen) atoms. The number of carboxylic acid groups (broad SMARTS) is 2. The summed E-state index contributed by atoms with van der Waals surface area (Å²) in [6.45, 7) is 2.71. The molecule has 1 fully saturated rings. The fourth-order valence-electron chi connectivity index (χ4n) is 5.91. The van der Waals surface area contributed by atoms with E-state index in [4.69, 9.17) is 38.6 Å². The first-order chi connectivity index (χ1) is 25.5. The minimum Gasteiger partial charge on any atom is -0.493 e. The Morgan fingerprint density at radius 1 is 0.811 bits per heavy atom. The maximum atomic E-state index is 11.3. The van der Waals surface area contributed by atoms with Crippen LogP contribution in [0, 0.1) is 0 Å². The summed E-state index contributed by atoms with van der Waals surface area (Å²) < 4.78 is 31.6. The SMILES string of the molecule is CCCCC(C=O)c1cc(OC)c(OC)c(OC)c1.CN1CCCC[C@H]1C(=O)O.COc1ccc(CCCc2cccc(OCC(=O)O)c2)cc1OC. The molecule has 1 unspecified atom stereocenters. The van der Waals surface area contributed by atoms with Gasteiger partial charge < -0.3 is 43.4 Å². The first kappa shape index (κ1) is 44.2. The first-order valence-electron chi connectivity index (χ1n) is 17.9. The molecule has 1 heterocycles. The highest BCUT2D eigenvalue weighted by atomic mass is 16.5. The molecule has 1 saturated heterocycles.